The molecular weight excluding hydrogens is 106 g/mol. The molecule has 0 saturated carbocycles. The second-order valence-corrected chi connectivity index (χ2v) is 1.49. The maximum absolute atomic E-state index is 9.42. The highest BCUT2D eigenvalue weighted by Gasteiger charge is 1.95. The van der Waals surface area contributed by atoms with Crippen LogP contribution in [0.25, 0.3) is 0 Å². The molecule has 0 heterocycles. The fourth-order valence-electron chi connectivity index (χ4n) is 0.272. The number of aliphatic hydroxyl groups excluding tert-OH is 1. The summed E-state index contributed by atoms with van der Waals surface area (Å²) in [4.78, 5) is 12.6. The Kier molecular flexibility index (Phi) is 4.13. The molecule has 0 amide bonds. The zero-order valence-electron chi connectivity index (χ0n) is 4.79. The van der Waals surface area contributed by atoms with E-state index in [2.05, 4.69) is 4.99 Å². The topological polar surface area (TPSA) is 49.7 Å². The maximum atomic E-state index is 9.42. The second-order valence-electron chi connectivity index (χ2n) is 1.49. The van der Waals surface area contributed by atoms with Gasteiger partial charge in [-0.3, -0.25) is 0 Å². The predicted molar refractivity (Wildman–Crippen MR) is 29.3 cm³/mol. The normalized spacial score (nSPS) is 12.2. The largest absolute Gasteiger partial charge is 0.391 e. The maximum Gasteiger partial charge on any atom is 0.235 e. The van der Waals surface area contributed by atoms with Crippen molar-refractivity contribution in [2.45, 2.75) is 19.4 Å². The van der Waals surface area contributed by atoms with Crippen molar-refractivity contribution in [1.82, 2.24) is 0 Å². The van der Waals surface area contributed by atoms with Crippen LogP contribution in [0.15, 0.2) is 4.99 Å². The molecule has 3 heteroatoms. The Morgan fingerprint density at radius 3 is 2.88 bits per heavy atom. The standard InChI is InChI=1S/C5H9NO2/c1-2-5(8)3-6-4-7/h5,8H,2-3H2,1H3/t5-/m1/s1. The number of aliphatic hydroxyl groups is 1. The number of aliphatic imine (C=N–C) groups is 1. The summed E-state index contributed by atoms with van der Waals surface area (Å²) in [5, 5.41) is 8.72. The third kappa shape index (κ3) is 3.53. The second kappa shape index (κ2) is 4.50. The number of nitrogens with zero attached hydrogens (tertiary/aromatic N) is 1. The van der Waals surface area contributed by atoms with Gasteiger partial charge in [-0.25, -0.2) is 9.79 Å². The molecule has 0 rings (SSSR count). The summed E-state index contributed by atoms with van der Waals surface area (Å²) >= 11 is 0. The van der Waals surface area contributed by atoms with Gasteiger partial charge < -0.3 is 5.11 Å². The van der Waals surface area contributed by atoms with E-state index in [4.69, 9.17) is 5.11 Å². The van der Waals surface area contributed by atoms with Crippen LogP contribution in [0, 0.1) is 0 Å². The summed E-state index contributed by atoms with van der Waals surface area (Å²) in [6.45, 7) is 2.00. The smallest absolute Gasteiger partial charge is 0.235 e. The number of hydrogen-bond acceptors (Lipinski definition) is 3. The Morgan fingerprint density at radius 1 is 1.88 bits per heavy atom. The van der Waals surface area contributed by atoms with Crippen molar-refractivity contribution in [2.24, 2.45) is 4.99 Å². The third-order valence-electron chi connectivity index (χ3n) is 0.838. The number of isocyanates is 1. The van der Waals surface area contributed by atoms with Crippen molar-refractivity contribution in [2.75, 3.05) is 6.54 Å². The first kappa shape index (κ1) is 7.34. The van der Waals surface area contributed by atoms with Gasteiger partial charge in [0.15, 0.2) is 0 Å². The zero-order chi connectivity index (χ0) is 6.41. The molecule has 46 valence electrons. The van der Waals surface area contributed by atoms with E-state index < -0.39 is 6.10 Å². The predicted octanol–water partition coefficient (Wildman–Crippen LogP) is 0.0931. The lowest BCUT2D eigenvalue weighted by Crippen LogP contribution is -2.07. The van der Waals surface area contributed by atoms with Crippen LogP contribution in [0.3, 0.4) is 0 Å². The molecule has 0 aliphatic carbocycles. The van der Waals surface area contributed by atoms with Gasteiger partial charge >= 0.3 is 0 Å². The van der Waals surface area contributed by atoms with Crippen molar-refractivity contribution in [3.63, 3.8) is 0 Å². The first-order valence-corrected chi connectivity index (χ1v) is 2.53. The van der Waals surface area contributed by atoms with E-state index in [1.165, 1.54) is 6.08 Å². The van der Waals surface area contributed by atoms with E-state index in [0.717, 1.165) is 0 Å². The van der Waals surface area contributed by atoms with Gasteiger partial charge in [0.1, 0.15) is 0 Å². The average Bonchev–Trinajstić information content (AvgIpc) is 1.83. The summed E-state index contributed by atoms with van der Waals surface area (Å²) in [6, 6.07) is 0. The van der Waals surface area contributed by atoms with E-state index >= 15 is 0 Å². The Bertz CT molecular complexity index is 96.6. The van der Waals surface area contributed by atoms with E-state index in [9.17, 15) is 4.79 Å². The summed E-state index contributed by atoms with van der Waals surface area (Å²) < 4.78 is 0. The highest BCUT2D eigenvalue weighted by molar-refractivity contribution is 5.32. The molecule has 3 nitrogen and oxygen atoms in total. The van der Waals surface area contributed by atoms with Crippen LogP contribution in [-0.2, 0) is 4.79 Å². The lowest BCUT2D eigenvalue weighted by molar-refractivity contribution is 0.179. The molecule has 0 aliphatic rings. The van der Waals surface area contributed by atoms with Crippen LogP contribution in [0.5, 0.6) is 0 Å². The minimum atomic E-state index is -0.476. The highest BCUT2D eigenvalue weighted by Crippen LogP contribution is 1.87. The fraction of sp³-hybridized carbons (Fsp3) is 0.800. The van der Waals surface area contributed by atoms with Crippen LogP contribution in [0.1, 0.15) is 13.3 Å². The van der Waals surface area contributed by atoms with Crippen LogP contribution in [0.2, 0.25) is 0 Å². The molecule has 0 aliphatic heterocycles. The first-order chi connectivity index (χ1) is 3.81. The Hall–Kier alpha value is -0.660. The van der Waals surface area contributed by atoms with Gasteiger partial charge in [0.2, 0.25) is 6.08 Å². The van der Waals surface area contributed by atoms with Gasteiger partial charge in [-0.15, -0.1) is 0 Å². The molecule has 0 spiro atoms. The lowest BCUT2D eigenvalue weighted by Gasteiger charge is -1.98. The zero-order valence-corrected chi connectivity index (χ0v) is 4.79. The molecule has 0 bridgehead atoms. The van der Waals surface area contributed by atoms with Crippen molar-refractivity contribution in [3.05, 3.63) is 0 Å². The molecular formula is C5H9NO2. The molecule has 0 unspecified atom stereocenters. The molecule has 0 aromatic carbocycles. The van der Waals surface area contributed by atoms with Gasteiger partial charge in [-0.05, 0) is 6.42 Å². The van der Waals surface area contributed by atoms with Crippen LogP contribution < -0.4 is 0 Å². The molecule has 8 heavy (non-hydrogen) atoms. The molecule has 1 atom stereocenters. The molecule has 0 aromatic heterocycles. The first-order valence-electron chi connectivity index (χ1n) is 2.53. The van der Waals surface area contributed by atoms with Crippen molar-refractivity contribution in [3.8, 4) is 0 Å². The molecule has 0 fully saturated rings. The van der Waals surface area contributed by atoms with Gasteiger partial charge in [0, 0.05) is 0 Å². The van der Waals surface area contributed by atoms with Crippen molar-refractivity contribution < 1.29 is 9.90 Å². The van der Waals surface area contributed by atoms with E-state index in [1.54, 1.807) is 0 Å². The van der Waals surface area contributed by atoms with Crippen LogP contribution in [-0.4, -0.2) is 23.8 Å². The van der Waals surface area contributed by atoms with Crippen LogP contribution in [0.4, 0.5) is 0 Å². The fourth-order valence-corrected chi connectivity index (χ4v) is 0.272. The summed E-state index contributed by atoms with van der Waals surface area (Å²) in [6.07, 6.45) is 1.50. The average molecular weight is 115 g/mol. The SMILES string of the molecule is CC[C@@H](O)CN=C=O. The van der Waals surface area contributed by atoms with Gasteiger partial charge in [-0.2, -0.15) is 0 Å². The van der Waals surface area contributed by atoms with Gasteiger partial charge in [-0.1, -0.05) is 6.92 Å². The van der Waals surface area contributed by atoms with E-state index in [0.29, 0.717) is 6.42 Å². The quantitative estimate of drug-likeness (QED) is 0.418. The van der Waals surface area contributed by atoms with E-state index in [1.807, 2.05) is 6.92 Å². The van der Waals surface area contributed by atoms with Gasteiger partial charge in [0.25, 0.3) is 0 Å². The van der Waals surface area contributed by atoms with E-state index in [-0.39, 0.29) is 6.54 Å². The number of hydrogen-bond donors (Lipinski definition) is 1. The number of rotatable bonds is 3. The Morgan fingerprint density at radius 2 is 2.50 bits per heavy atom. The number of carbonyl (C=O) groups excluding carboxylic acids is 1. The molecule has 0 aromatic rings. The monoisotopic (exact) mass is 115 g/mol. The van der Waals surface area contributed by atoms with Crippen LogP contribution >= 0.6 is 0 Å². The lowest BCUT2D eigenvalue weighted by atomic mass is 10.3. The Labute approximate surface area is 48.1 Å². The van der Waals surface area contributed by atoms with Gasteiger partial charge in [0.05, 0.1) is 12.6 Å². The minimum Gasteiger partial charge on any atom is -0.391 e. The highest BCUT2D eigenvalue weighted by atomic mass is 16.3. The Balaban J connectivity index is 3.23. The summed E-state index contributed by atoms with van der Waals surface area (Å²) in [5.41, 5.74) is 0. The third-order valence-corrected chi connectivity index (χ3v) is 0.838. The van der Waals surface area contributed by atoms with Crippen molar-refractivity contribution in [1.29, 1.82) is 0 Å². The molecule has 0 radical (unpaired) electrons. The minimum absolute atomic E-state index is 0.181. The molecule has 0 saturated heterocycles. The summed E-state index contributed by atoms with van der Waals surface area (Å²) in [7, 11) is 0. The molecule has 1 N–H and O–H groups in total. The summed E-state index contributed by atoms with van der Waals surface area (Å²) in [5.74, 6) is 0. The van der Waals surface area contributed by atoms with Crippen molar-refractivity contribution >= 4 is 6.08 Å².